The molecule has 0 amide bonds. The Morgan fingerprint density at radius 1 is 1.75 bits per heavy atom. The lowest BCUT2D eigenvalue weighted by molar-refractivity contribution is -0.137. The van der Waals surface area contributed by atoms with Gasteiger partial charge in [-0.25, -0.2) is 0 Å². The molecule has 0 fully saturated rings. The predicted molar refractivity (Wildman–Crippen MR) is 46.8 cm³/mol. The molecule has 0 heterocycles. The van der Waals surface area contributed by atoms with Crippen molar-refractivity contribution in [1.29, 1.82) is 0 Å². The lowest BCUT2D eigenvalue weighted by Gasteiger charge is -2.13. The number of rotatable bonds is 5. The highest BCUT2D eigenvalue weighted by atomic mass is 79.9. The van der Waals surface area contributed by atoms with Crippen LogP contribution >= 0.6 is 27.7 Å². The summed E-state index contributed by atoms with van der Waals surface area (Å²) in [5.41, 5.74) is 5.01. The molecule has 0 radical (unpaired) electrons. The van der Waals surface area contributed by atoms with Crippen molar-refractivity contribution in [3.8, 4) is 0 Å². The van der Waals surface area contributed by atoms with E-state index < -0.39 is 22.6 Å². The largest absolute Gasteiger partial charge is 0.480 e. The zero-order valence-corrected chi connectivity index (χ0v) is 8.37. The molecule has 0 bridgehead atoms. The quantitative estimate of drug-likeness (QED) is 0.730. The topological polar surface area (TPSA) is 63.3 Å². The monoisotopic (exact) mass is 263 g/mol. The third kappa shape index (κ3) is 4.89. The molecule has 7 heteroatoms. The van der Waals surface area contributed by atoms with Crippen molar-refractivity contribution in [1.82, 2.24) is 0 Å². The van der Waals surface area contributed by atoms with Crippen LogP contribution in [0.2, 0.25) is 0 Å². The zero-order valence-electron chi connectivity index (χ0n) is 5.97. The van der Waals surface area contributed by atoms with Crippen molar-refractivity contribution in [3.63, 3.8) is 0 Å². The molecule has 0 aliphatic heterocycles. The Balaban J connectivity index is 3.75. The summed E-state index contributed by atoms with van der Waals surface area (Å²) in [6.07, 6.45) is 0. The van der Waals surface area contributed by atoms with E-state index in [1.807, 2.05) is 0 Å². The lowest BCUT2D eigenvalue weighted by Crippen LogP contribution is -2.34. The fourth-order valence-corrected chi connectivity index (χ4v) is 1.45. The van der Waals surface area contributed by atoms with Crippen LogP contribution in [-0.2, 0) is 4.79 Å². The molecule has 1 atom stereocenters. The molecule has 0 aliphatic carbocycles. The van der Waals surface area contributed by atoms with E-state index in [4.69, 9.17) is 10.8 Å². The number of alkyl halides is 3. The summed E-state index contributed by atoms with van der Waals surface area (Å²) in [5, 5.41) is 4.80. The average molecular weight is 264 g/mol. The van der Waals surface area contributed by atoms with Gasteiger partial charge in [-0.3, -0.25) is 4.79 Å². The molecule has 0 aliphatic rings. The summed E-state index contributed by atoms with van der Waals surface area (Å²) in [6.45, 7) is 0. The van der Waals surface area contributed by atoms with Gasteiger partial charge >= 0.3 is 11.2 Å². The third-order valence-electron chi connectivity index (χ3n) is 0.947. The second-order valence-electron chi connectivity index (χ2n) is 2.03. The minimum absolute atomic E-state index is 0.229. The number of halogens is 3. The van der Waals surface area contributed by atoms with E-state index in [0.29, 0.717) is 0 Å². The van der Waals surface area contributed by atoms with Gasteiger partial charge in [0.15, 0.2) is 0 Å². The molecule has 1 unspecified atom stereocenters. The molecule has 0 spiro atoms. The van der Waals surface area contributed by atoms with Gasteiger partial charge in [-0.15, -0.1) is 0 Å². The lowest BCUT2D eigenvalue weighted by atomic mass is 10.4. The van der Waals surface area contributed by atoms with E-state index in [1.165, 1.54) is 0 Å². The van der Waals surface area contributed by atoms with Crippen molar-refractivity contribution in [2.75, 3.05) is 11.1 Å². The Morgan fingerprint density at radius 3 is 2.58 bits per heavy atom. The number of carboxylic acid groups (broad SMARTS) is 1. The summed E-state index contributed by atoms with van der Waals surface area (Å²) in [7, 11) is 0. The molecule has 0 rings (SSSR count). The summed E-state index contributed by atoms with van der Waals surface area (Å²) in [6, 6.07) is -1.24. The molecule has 0 aromatic carbocycles. The van der Waals surface area contributed by atoms with Gasteiger partial charge in [0.05, 0.1) is 5.33 Å². The second-order valence-corrected chi connectivity index (χ2v) is 3.81. The first-order valence-electron chi connectivity index (χ1n) is 2.95. The molecule has 72 valence electrons. The highest BCUT2D eigenvalue weighted by Gasteiger charge is 2.29. The summed E-state index contributed by atoms with van der Waals surface area (Å²) in [4.78, 5) is 10.1. The van der Waals surface area contributed by atoms with Crippen molar-refractivity contribution in [3.05, 3.63) is 0 Å². The minimum Gasteiger partial charge on any atom is -0.480 e. The number of carboxylic acids is 1. The molecule has 0 saturated carbocycles. The van der Waals surface area contributed by atoms with Crippen LogP contribution in [0.5, 0.6) is 0 Å². The van der Waals surface area contributed by atoms with Gasteiger partial charge in [-0.05, 0) is 0 Å². The van der Waals surface area contributed by atoms with Gasteiger partial charge < -0.3 is 10.8 Å². The van der Waals surface area contributed by atoms with Crippen LogP contribution in [-0.4, -0.2) is 33.5 Å². The molecule has 0 saturated heterocycles. The smallest absolute Gasteiger partial charge is 0.321 e. The van der Waals surface area contributed by atoms with Crippen molar-refractivity contribution in [2.24, 2.45) is 5.73 Å². The minimum atomic E-state index is -2.95. The third-order valence-corrected chi connectivity index (χ3v) is 3.11. The molecule has 0 aromatic rings. The Labute approximate surface area is 80.8 Å². The Hall–Kier alpha value is 0.120. The predicted octanol–water partition coefficient (Wildman–Crippen LogP) is 1.12. The average Bonchev–Trinajstić information content (AvgIpc) is 2.00. The Kier molecular flexibility index (Phi) is 5.03. The van der Waals surface area contributed by atoms with Gasteiger partial charge in [-0.2, -0.15) is 8.78 Å². The van der Waals surface area contributed by atoms with E-state index in [2.05, 4.69) is 15.9 Å². The maximum Gasteiger partial charge on any atom is 0.321 e. The van der Waals surface area contributed by atoms with Crippen LogP contribution in [0.3, 0.4) is 0 Å². The zero-order chi connectivity index (χ0) is 9.78. The highest BCUT2D eigenvalue weighted by Crippen LogP contribution is 2.30. The van der Waals surface area contributed by atoms with Gasteiger partial charge in [-0.1, -0.05) is 27.7 Å². The Morgan fingerprint density at radius 2 is 2.25 bits per heavy atom. The number of thioether (sulfide) groups is 1. The fraction of sp³-hybridized carbons (Fsp3) is 0.800. The number of hydrogen-bond donors (Lipinski definition) is 2. The van der Waals surface area contributed by atoms with Crippen LogP contribution < -0.4 is 5.73 Å². The molecule has 12 heavy (non-hydrogen) atoms. The standard InChI is InChI=1S/C5H8BrF2NO2S/c6-2-5(7,8)12-1-3(9)4(10)11/h3H,1-2,9H2,(H,10,11). The van der Waals surface area contributed by atoms with E-state index in [-0.39, 0.29) is 17.5 Å². The van der Waals surface area contributed by atoms with Gasteiger partial charge in [0.25, 0.3) is 0 Å². The summed E-state index contributed by atoms with van der Waals surface area (Å²) in [5.74, 6) is -1.57. The summed E-state index contributed by atoms with van der Waals surface area (Å²) >= 11 is 2.83. The normalized spacial score (nSPS) is 14.3. The maximum absolute atomic E-state index is 12.4. The molecule has 0 aromatic heterocycles. The van der Waals surface area contributed by atoms with Crippen molar-refractivity contribution >= 4 is 33.7 Å². The number of carbonyl (C=O) groups is 1. The van der Waals surface area contributed by atoms with E-state index in [0.717, 1.165) is 0 Å². The maximum atomic E-state index is 12.4. The van der Waals surface area contributed by atoms with Gasteiger partial charge in [0, 0.05) is 5.75 Å². The SMILES string of the molecule is NC(CSC(F)(F)CBr)C(=O)O. The van der Waals surface area contributed by atoms with Gasteiger partial charge in [0.2, 0.25) is 0 Å². The van der Waals surface area contributed by atoms with E-state index in [9.17, 15) is 13.6 Å². The first-order chi connectivity index (χ1) is 5.39. The first-order valence-corrected chi connectivity index (χ1v) is 5.06. The van der Waals surface area contributed by atoms with E-state index >= 15 is 0 Å². The van der Waals surface area contributed by atoms with Crippen LogP contribution in [0.1, 0.15) is 0 Å². The fourth-order valence-electron chi connectivity index (χ4n) is 0.322. The van der Waals surface area contributed by atoms with Gasteiger partial charge in [0.1, 0.15) is 6.04 Å². The van der Waals surface area contributed by atoms with Crippen LogP contribution in [0.15, 0.2) is 0 Å². The molecule has 3 N–H and O–H groups in total. The Bertz CT molecular complexity index is 170. The summed E-state index contributed by atoms with van der Waals surface area (Å²) < 4.78 is 24.9. The van der Waals surface area contributed by atoms with Crippen LogP contribution in [0.25, 0.3) is 0 Å². The van der Waals surface area contributed by atoms with E-state index in [1.54, 1.807) is 0 Å². The van der Waals surface area contributed by atoms with Crippen molar-refractivity contribution < 1.29 is 18.7 Å². The van der Waals surface area contributed by atoms with Crippen LogP contribution in [0.4, 0.5) is 8.78 Å². The van der Waals surface area contributed by atoms with Crippen molar-refractivity contribution in [2.45, 2.75) is 11.3 Å². The first kappa shape index (κ1) is 12.1. The second kappa shape index (κ2) is 4.98. The number of aliphatic carboxylic acids is 1. The molecular formula is C5H8BrF2NO2S. The molecular weight excluding hydrogens is 256 g/mol. The number of nitrogens with two attached hydrogens (primary N) is 1. The number of hydrogen-bond acceptors (Lipinski definition) is 3. The van der Waals surface area contributed by atoms with Crippen LogP contribution in [0, 0.1) is 0 Å². The highest BCUT2D eigenvalue weighted by molar-refractivity contribution is 9.09. The molecule has 3 nitrogen and oxygen atoms in total.